The molecule has 1 rings (SSSR count). The van der Waals surface area contributed by atoms with E-state index in [1.165, 1.54) is 13.8 Å². The molecule has 18 heavy (non-hydrogen) atoms. The Labute approximate surface area is 107 Å². The van der Waals surface area contributed by atoms with E-state index >= 15 is 0 Å². The summed E-state index contributed by atoms with van der Waals surface area (Å²) in [5.74, 6) is -1.01. The monoisotopic (exact) mass is 255 g/mol. The zero-order chi connectivity index (χ0) is 13.7. The maximum Gasteiger partial charge on any atom is 0.243 e. The molecule has 0 aliphatic heterocycles. The molecule has 6 heteroatoms. The maximum absolute atomic E-state index is 12.0. The molecule has 1 saturated carbocycles. The topological polar surface area (TPSA) is 101 Å². The molecule has 1 aliphatic rings. The van der Waals surface area contributed by atoms with Gasteiger partial charge in [-0.1, -0.05) is 12.8 Å². The summed E-state index contributed by atoms with van der Waals surface area (Å²) in [6, 6.07) is -1.29. The Hall–Kier alpha value is -1.59. The summed E-state index contributed by atoms with van der Waals surface area (Å²) in [5, 5.41) is 5.20. The smallest absolute Gasteiger partial charge is 0.243 e. The van der Waals surface area contributed by atoms with Gasteiger partial charge < -0.3 is 16.4 Å². The molecule has 0 aromatic heterocycles. The van der Waals surface area contributed by atoms with E-state index in [1.54, 1.807) is 0 Å². The van der Waals surface area contributed by atoms with Crippen molar-refractivity contribution in [2.24, 2.45) is 11.7 Å². The van der Waals surface area contributed by atoms with E-state index in [0.29, 0.717) is 0 Å². The molecule has 0 spiro atoms. The van der Waals surface area contributed by atoms with Crippen molar-refractivity contribution in [2.75, 3.05) is 0 Å². The lowest BCUT2D eigenvalue weighted by Crippen LogP contribution is -2.54. The van der Waals surface area contributed by atoms with Crippen molar-refractivity contribution in [3.63, 3.8) is 0 Å². The van der Waals surface area contributed by atoms with Crippen LogP contribution in [0.4, 0.5) is 0 Å². The van der Waals surface area contributed by atoms with Gasteiger partial charge in [0.15, 0.2) is 0 Å². The van der Waals surface area contributed by atoms with Crippen LogP contribution in [-0.4, -0.2) is 29.8 Å². The second-order valence-electron chi connectivity index (χ2n) is 4.86. The highest BCUT2D eigenvalue weighted by Gasteiger charge is 2.32. The zero-order valence-corrected chi connectivity index (χ0v) is 10.9. The van der Waals surface area contributed by atoms with Gasteiger partial charge in [-0.2, -0.15) is 0 Å². The van der Waals surface area contributed by atoms with Crippen LogP contribution in [0.2, 0.25) is 0 Å². The predicted octanol–water partition coefficient (Wildman–Crippen LogP) is -0.329. The standard InChI is InChI=1S/C12H21N3O3/c1-7(11(13)17)14-12(18)10(15-8(2)16)9-5-3-4-6-9/h7,9-10H,3-6H2,1-2H3,(H2,13,17)(H,14,18)(H,15,16). The van der Waals surface area contributed by atoms with Crippen molar-refractivity contribution >= 4 is 17.7 Å². The number of nitrogens with one attached hydrogen (secondary N) is 2. The summed E-state index contributed by atoms with van der Waals surface area (Å²) >= 11 is 0. The highest BCUT2D eigenvalue weighted by atomic mass is 16.2. The van der Waals surface area contributed by atoms with Gasteiger partial charge in [-0.3, -0.25) is 14.4 Å². The number of carbonyl (C=O) groups excluding carboxylic acids is 3. The van der Waals surface area contributed by atoms with E-state index in [2.05, 4.69) is 10.6 Å². The first-order valence-electron chi connectivity index (χ1n) is 6.28. The van der Waals surface area contributed by atoms with Gasteiger partial charge in [0.25, 0.3) is 0 Å². The van der Waals surface area contributed by atoms with Crippen molar-refractivity contribution in [2.45, 2.75) is 51.6 Å². The van der Waals surface area contributed by atoms with Gasteiger partial charge in [0.2, 0.25) is 17.7 Å². The minimum atomic E-state index is -0.727. The number of amides is 3. The molecule has 0 heterocycles. The summed E-state index contributed by atoms with van der Waals surface area (Å²) in [4.78, 5) is 34.1. The molecule has 2 atom stereocenters. The normalized spacial score (nSPS) is 19.0. The van der Waals surface area contributed by atoms with E-state index in [-0.39, 0.29) is 17.7 Å². The highest BCUT2D eigenvalue weighted by Crippen LogP contribution is 2.27. The van der Waals surface area contributed by atoms with Crippen LogP contribution >= 0.6 is 0 Å². The van der Waals surface area contributed by atoms with Gasteiger partial charge in [0.1, 0.15) is 12.1 Å². The van der Waals surface area contributed by atoms with Crippen molar-refractivity contribution in [3.05, 3.63) is 0 Å². The Kier molecular flexibility index (Phi) is 5.12. The van der Waals surface area contributed by atoms with Gasteiger partial charge in [0, 0.05) is 6.92 Å². The van der Waals surface area contributed by atoms with Gasteiger partial charge in [-0.05, 0) is 25.7 Å². The summed E-state index contributed by atoms with van der Waals surface area (Å²) in [7, 11) is 0. The highest BCUT2D eigenvalue weighted by molar-refractivity contribution is 5.91. The number of hydrogen-bond acceptors (Lipinski definition) is 3. The minimum absolute atomic E-state index is 0.147. The lowest BCUT2D eigenvalue weighted by molar-refractivity contribution is -0.131. The van der Waals surface area contributed by atoms with Crippen LogP contribution < -0.4 is 16.4 Å². The Balaban J connectivity index is 2.66. The van der Waals surface area contributed by atoms with Gasteiger partial charge in [-0.15, -0.1) is 0 Å². The van der Waals surface area contributed by atoms with Gasteiger partial charge >= 0.3 is 0 Å². The molecule has 6 nitrogen and oxygen atoms in total. The molecule has 0 radical (unpaired) electrons. The molecular formula is C12H21N3O3. The third-order valence-corrected chi connectivity index (χ3v) is 3.30. The lowest BCUT2D eigenvalue weighted by atomic mass is 9.97. The molecule has 1 fully saturated rings. The van der Waals surface area contributed by atoms with Crippen LogP contribution in [0.5, 0.6) is 0 Å². The molecule has 0 aromatic rings. The SMILES string of the molecule is CC(=O)NC(C(=O)NC(C)C(N)=O)C1CCCC1. The van der Waals surface area contributed by atoms with Crippen molar-refractivity contribution < 1.29 is 14.4 Å². The first-order valence-corrected chi connectivity index (χ1v) is 6.28. The number of rotatable bonds is 5. The Morgan fingerprint density at radius 3 is 2.17 bits per heavy atom. The van der Waals surface area contributed by atoms with Crippen LogP contribution in [0, 0.1) is 5.92 Å². The number of hydrogen-bond donors (Lipinski definition) is 3. The van der Waals surface area contributed by atoms with Crippen LogP contribution in [0.25, 0.3) is 0 Å². The van der Waals surface area contributed by atoms with Gasteiger partial charge in [-0.25, -0.2) is 0 Å². The first kappa shape index (κ1) is 14.5. The van der Waals surface area contributed by atoms with Crippen molar-refractivity contribution in [3.8, 4) is 0 Å². The summed E-state index contributed by atoms with van der Waals surface area (Å²) in [6.07, 6.45) is 3.98. The second-order valence-corrected chi connectivity index (χ2v) is 4.86. The molecule has 0 saturated heterocycles. The first-order chi connectivity index (χ1) is 8.41. The second kappa shape index (κ2) is 6.37. The Bertz CT molecular complexity index is 337. The molecule has 102 valence electrons. The molecule has 2 unspecified atom stereocenters. The average molecular weight is 255 g/mol. The van der Waals surface area contributed by atoms with Gasteiger partial charge in [0.05, 0.1) is 0 Å². The van der Waals surface area contributed by atoms with E-state index < -0.39 is 18.0 Å². The molecule has 0 aromatic carbocycles. The fourth-order valence-electron chi connectivity index (χ4n) is 2.28. The number of primary amides is 1. The zero-order valence-electron chi connectivity index (χ0n) is 10.9. The largest absolute Gasteiger partial charge is 0.368 e. The third-order valence-electron chi connectivity index (χ3n) is 3.30. The fraction of sp³-hybridized carbons (Fsp3) is 0.750. The summed E-state index contributed by atoms with van der Waals surface area (Å²) in [6.45, 7) is 2.91. The Morgan fingerprint density at radius 1 is 1.17 bits per heavy atom. The number of carbonyl (C=O) groups is 3. The van der Waals surface area contributed by atoms with E-state index in [9.17, 15) is 14.4 Å². The maximum atomic E-state index is 12.0. The Morgan fingerprint density at radius 2 is 1.72 bits per heavy atom. The minimum Gasteiger partial charge on any atom is -0.368 e. The molecule has 4 N–H and O–H groups in total. The average Bonchev–Trinajstić information content (AvgIpc) is 2.78. The van der Waals surface area contributed by atoms with E-state index in [4.69, 9.17) is 5.73 Å². The molecule has 1 aliphatic carbocycles. The van der Waals surface area contributed by atoms with Crippen molar-refractivity contribution in [1.29, 1.82) is 0 Å². The van der Waals surface area contributed by atoms with Crippen LogP contribution in [0.3, 0.4) is 0 Å². The molecular weight excluding hydrogens is 234 g/mol. The van der Waals surface area contributed by atoms with E-state index in [0.717, 1.165) is 25.7 Å². The van der Waals surface area contributed by atoms with Crippen LogP contribution in [0.15, 0.2) is 0 Å². The summed E-state index contributed by atoms with van der Waals surface area (Å²) in [5.41, 5.74) is 5.10. The molecule has 3 amide bonds. The fourth-order valence-corrected chi connectivity index (χ4v) is 2.28. The van der Waals surface area contributed by atoms with E-state index in [1.807, 2.05) is 0 Å². The number of nitrogens with two attached hydrogens (primary N) is 1. The van der Waals surface area contributed by atoms with Crippen LogP contribution in [0.1, 0.15) is 39.5 Å². The summed E-state index contributed by atoms with van der Waals surface area (Å²) < 4.78 is 0. The molecule has 0 bridgehead atoms. The van der Waals surface area contributed by atoms with Crippen LogP contribution in [-0.2, 0) is 14.4 Å². The predicted molar refractivity (Wildman–Crippen MR) is 66.4 cm³/mol. The lowest BCUT2D eigenvalue weighted by Gasteiger charge is -2.24. The quantitative estimate of drug-likeness (QED) is 0.627. The third kappa shape index (κ3) is 4.01. The van der Waals surface area contributed by atoms with Crippen molar-refractivity contribution in [1.82, 2.24) is 10.6 Å².